The highest BCUT2D eigenvalue weighted by Crippen LogP contribution is 2.45. The number of anilines is 1. The van der Waals surface area contributed by atoms with Gasteiger partial charge in [0.2, 0.25) is 5.95 Å². The van der Waals surface area contributed by atoms with E-state index < -0.39 is 12.4 Å². The van der Waals surface area contributed by atoms with Crippen molar-refractivity contribution in [1.82, 2.24) is 19.6 Å². The molecule has 1 atom stereocenters. The molecular weight excluding hydrogens is 452 g/mol. The van der Waals surface area contributed by atoms with Crippen molar-refractivity contribution in [1.29, 1.82) is 0 Å². The van der Waals surface area contributed by atoms with Gasteiger partial charge in [-0.1, -0.05) is 0 Å². The van der Waals surface area contributed by atoms with E-state index in [1.54, 1.807) is 39.3 Å². The summed E-state index contributed by atoms with van der Waals surface area (Å²) in [5, 5.41) is 17.9. The number of nitrogens with one attached hydrogen (secondary N) is 1. The number of ether oxygens (including phenoxy) is 4. The number of methoxy groups -OCH3 is 2. The molecule has 0 radical (unpaired) electrons. The van der Waals surface area contributed by atoms with Gasteiger partial charge < -0.3 is 29.4 Å². The number of aliphatic hydroxyl groups excluding tert-OH is 1. The quantitative estimate of drug-likeness (QED) is 0.418. The number of aromatic nitrogens is 4. The van der Waals surface area contributed by atoms with Gasteiger partial charge in [-0.2, -0.15) is 4.52 Å². The zero-order valence-corrected chi connectivity index (χ0v) is 18.5. The van der Waals surface area contributed by atoms with Crippen molar-refractivity contribution in [2.24, 2.45) is 0 Å². The topological polar surface area (TPSA) is 112 Å². The summed E-state index contributed by atoms with van der Waals surface area (Å²) < 4.78 is 49.0. The van der Waals surface area contributed by atoms with Crippen molar-refractivity contribution < 1.29 is 32.8 Å². The number of benzene rings is 2. The second kappa shape index (κ2) is 8.13. The van der Waals surface area contributed by atoms with Crippen molar-refractivity contribution in [3.8, 4) is 23.0 Å². The standard InChI is InChI=1S/C22H21F2N5O5/c1-11(30)8-17-26-20-14-6-7-15-19(34-22(23,24)33-15)18(14)27-21(29(20)28-17)25-10-12-4-5-13(31-2)9-16(12)32-3/h4-7,9,11,30H,8,10H2,1-3H3,(H,25,27). The molecule has 2 aromatic heterocycles. The van der Waals surface area contributed by atoms with Crippen molar-refractivity contribution in [2.75, 3.05) is 19.5 Å². The third kappa shape index (κ3) is 3.85. The number of hydrogen-bond acceptors (Lipinski definition) is 9. The summed E-state index contributed by atoms with van der Waals surface area (Å²) in [6.07, 6.45) is -4.26. The first-order valence-electron chi connectivity index (χ1n) is 10.4. The number of hydrogen-bond donors (Lipinski definition) is 2. The van der Waals surface area contributed by atoms with Crippen LogP contribution in [0.3, 0.4) is 0 Å². The lowest BCUT2D eigenvalue weighted by Gasteiger charge is -2.13. The molecule has 0 saturated carbocycles. The lowest BCUT2D eigenvalue weighted by molar-refractivity contribution is -0.286. The smallest absolute Gasteiger partial charge is 0.497 e. The molecule has 0 bridgehead atoms. The van der Waals surface area contributed by atoms with E-state index >= 15 is 0 Å². The summed E-state index contributed by atoms with van der Waals surface area (Å²) in [5.41, 5.74) is 1.31. The minimum atomic E-state index is -3.79. The predicted octanol–water partition coefficient (Wildman–Crippen LogP) is 3.15. The Bertz CT molecular complexity index is 1390. The molecule has 5 rings (SSSR count). The number of alkyl halides is 2. The normalized spacial score (nSPS) is 15.0. The lowest BCUT2D eigenvalue weighted by atomic mass is 10.2. The second-order valence-electron chi connectivity index (χ2n) is 7.74. The van der Waals surface area contributed by atoms with Crippen LogP contribution in [0.15, 0.2) is 30.3 Å². The average Bonchev–Trinajstić information content (AvgIpc) is 3.36. The number of rotatable bonds is 7. The van der Waals surface area contributed by atoms with Crippen LogP contribution in [0, 0.1) is 0 Å². The molecule has 0 fully saturated rings. The first-order chi connectivity index (χ1) is 16.3. The van der Waals surface area contributed by atoms with Crippen LogP contribution in [0.25, 0.3) is 16.6 Å². The Morgan fingerprint density at radius 1 is 1.15 bits per heavy atom. The molecule has 3 heterocycles. The lowest BCUT2D eigenvalue weighted by Crippen LogP contribution is -2.26. The zero-order valence-electron chi connectivity index (χ0n) is 18.5. The van der Waals surface area contributed by atoms with E-state index in [0.29, 0.717) is 28.4 Å². The van der Waals surface area contributed by atoms with E-state index in [1.165, 1.54) is 10.6 Å². The molecule has 1 aliphatic rings. The molecule has 2 N–H and O–H groups in total. The van der Waals surface area contributed by atoms with Crippen LogP contribution in [-0.4, -0.2) is 51.3 Å². The summed E-state index contributed by atoms with van der Waals surface area (Å²) in [5.74, 6) is 1.53. The highest BCUT2D eigenvalue weighted by atomic mass is 19.3. The Hall–Kier alpha value is -3.93. The minimum Gasteiger partial charge on any atom is -0.497 e. The molecule has 0 amide bonds. The first kappa shape index (κ1) is 21.9. The van der Waals surface area contributed by atoms with Crippen molar-refractivity contribution in [3.05, 3.63) is 41.7 Å². The van der Waals surface area contributed by atoms with Crippen LogP contribution in [0.2, 0.25) is 0 Å². The fourth-order valence-electron chi connectivity index (χ4n) is 3.76. The maximum absolute atomic E-state index is 13.8. The van der Waals surface area contributed by atoms with Gasteiger partial charge in [-0.25, -0.2) is 9.97 Å². The maximum atomic E-state index is 13.8. The van der Waals surface area contributed by atoms with E-state index in [-0.39, 0.29) is 35.9 Å². The third-order valence-electron chi connectivity index (χ3n) is 5.26. The van der Waals surface area contributed by atoms with Crippen molar-refractivity contribution >= 4 is 22.5 Å². The zero-order chi connectivity index (χ0) is 24.0. The fourth-order valence-corrected chi connectivity index (χ4v) is 3.76. The number of nitrogens with zero attached hydrogens (tertiary/aromatic N) is 4. The Kier molecular flexibility index (Phi) is 5.24. The maximum Gasteiger partial charge on any atom is 0.586 e. The predicted molar refractivity (Wildman–Crippen MR) is 117 cm³/mol. The summed E-state index contributed by atoms with van der Waals surface area (Å²) in [7, 11) is 3.11. The minimum absolute atomic E-state index is 0.124. The van der Waals surface area contributed by atoms with Crippen LogP contribution < -0.4 is 24.3 Å². The van der Waals surface area contributed by atoms with E-state index in [1.807, 2.05) is 6.07 Å². The van der Waals surface area contributed by atoms with Gasteiger partial charge in [0.05, 0.1) is 20.3 Å². The SMILES string of the molecule is COc1ccc(CNc2nc3c4c(ccc3c3nc(CC(C)O)nn23)OC(F)(F)O4)c(OC)c1. The van der Waals surface area contributed by atoms with Gasteiger partial charge in [-0.3, -0.25) is 0 Å². The van der Waals surface area contributed by atoms with E-state index in [0.717, 1.165) is 5.56 Å². The Morgan fingerprint density at radius 2 is 1.97 bits per heavy atom. The third-order valence-corrected chi connectivity index (χ3v) is 5.26. The fraction of sp³-hybridized carbons (Fsp3) is 0.318. The molecule has 12 heteroatoms. The van der Waals surface area contributed by atoms with E-state index in [4.69, 9.17) is 14.2 Å². The highest BCUT2D eigenvalue weighted by Gasteiger charge is 2.45. The molecule has 0 aliphatic carbocycles. The molecule has 0 saturated heterocycles. The molecule has 34 heavy (non-hydrogen) atoms. The molecule has 2 aromatic carbocycles. The van der Waals surface area contributed by atoms with Crippen molar-refractivity contribution in [2.45, 2.75) is 32.3 Å². The summed E-state index contributed by atoms with van der Waals surface area (Å²) >= 11 is 0. The molecule has 0 spiro atoms. The largest absolute Gasteiger partial charge is 0.586 e. The molecule has 4 aromatic rings. The van der Waals surface area contributed by atoms with Crippen LogP contribution in [0.1, 0.15) is 18.3 Å². The van der Waals surface area contributed by atoms with Crippen LogP contribution in [0.5, 0.6) is 23.0 Å². The Labute approximate surface area is 192 Å². The molecule has 1 aliphatic heterocycles. The van der Waals surface area contributed by atoms with E-state index in [2.05, 4.69) is 25.1 Å². The van der Waals surface area contributed by atoms with Gasteiger partial charge in [0, 0.05) is 30.0 Å². The Morgan fingerprint density at radius 3 is 2.71 bits per heavy atom. The molecular formula is C22H21F2N5O5. The highest BCUT2D eigenvalue weighted by molar-refractivity contribution is 5.97. The van der Waals surface area contributed by atoms with Gasteiger partial charge in [0.1, 0.15) is 17.0 Å². The van der Waals surface area contributed by atoms with Crippen molar-refractivity contribution in [3.63, 3.8) is 0 Å². The van der Waals surface area contributed by atoms with Gasteiger partial charge in [-0.15, -0.1) is 13.9 Å². The number of fused-ring (bicyclic) bond motifs is 5. The summed E-state index contributed by atoms with van der Waals surface area (Å²) in [6.45, 7) is 1.90. The first-order valence-corrected chi connectivity index (χ1v) is 10.4. The number of aliphatic hydroxyl groups is 1. The van der Waals surface area contributed by atoms with Gasteiger partial charge >= 0.3 is 6.29 Å². The van der Waals surface area contributed by atoms with Gasteiger partial charge in [0.25, 0.3) is 0 Å². The van der Waals surface area contributed by atoms with Crippen LogP contribution in [-0.2, 0) is 13.0 Å². The van der Waals surface area contributed by atoms with Crippen LogP contribution in [0.4, 0.5) is 14.7 Å². The average molecular weight is 473 g/mol. The Balaban J connectivity index is 1.61. The monoisotopic (exact) mass is 473 g/mol. The molecule has 178 valence electrons. The summed E-state index contributed by atoms with van der Waals surface area (Å²) in [6, 6.07) is 8.31. The van der Waals surface area contributed by atoms with Crippen LogP contribution >= 0.6 is 0 Å². The number of halogens is 2. The van der Waals surface area contributed by atoms with Gasteiger partial charge in [0.15, 0.2) is 23.0 Å². The molecule has 1 unspecified atom stereocenters. The summed E-state index contributed by atoms with van der Waals surface area (Å²) in [4.78, 5) is 9.02. The van der Waals surface area contributed by atoms with E-state index in [9.17, 15) is 13.9 Å². The molecule has 10 nitrogen and oxygen atoms in total. The second-order valence-corrected chi connectivity index (χ2v) is 7.74. The van der Waals surface area contributed by atoms with Gasteiger partial charge in [-0.05, 0) is 31.2 Å².